The Bertz CT molecular complexity index is 988. The molecule has 0 amide bonds. The summed E-state index contributed by atoms with van der Waals surface area (Å²) in [5.74, 6) is -0.490. The molecule has 2 aromatic heterocycles. The van der Waals surface area contributed by atoms with Crippen LogP contribution in [0.15, 0.2) is 48.8 Å². The van der Waals surface area contributed by atoms with Crippen LogP contribution in [0.5, 0.6) is 5.88 Å². The molecular formula is C22H25FN4O3. The minimum atomic E-state index is -1.04. The van der Waals surface area contributed by atoms with E-state index < -0.39 is 5.97 Å². The van der Waals surface area contributed by atoms with Crippen LogP contribution in [0.1, 0.15) is 34.8 Å². The SMILES string of the molecule is CCCN(C)CCc1cnn(-c2cc(C(=O)O)ccn2)c1OCc1ccc(F)cc1. The number of rotatable bonds is 10. The fraction of sp³-hybridized carbons (Fsp3) is 0.318. The normalized spacial score (nSPS) is 11.1. The summed E-state index contributed by atoms with van der Waals surface area (Å²) < 4.78 is 20.7. The van der Waals surface area contributed by atoms with Gasteiger partial charge in [-0.2, -0.15) is 9.78 Å². The van der Waals surface area contributed by atoms with Gasteiger partial charge in [0.25, 0.3) is 0 Å². The Morgan fingerprint density at radius 1 is 1.23 bits per heavy atom. The van der Waals surface area contributed by atoms with E-state index in [0.717, 1.165) is 30.6 Å². The number of aromatic nitrogens is 3. The van der Waals surface area contributed by atoms with Crippen LogP contribution in [-0.2, 0) is 13.0 Å². The van der Waals surface area contributed by atoms with Crippen molar-refractivity contribution < 1.29 is 19.0 Å². The Morgan fingerprint density at radius 3 is 2.70 bits per heavy atom. The van der Waals surface area contributed by atoms with Crippen LogP contribution in [0.4, 0.5) is 4.39 Å². The number of carboxylic acids is 1. The standard InChI is InChI=1S/C22H25FN4O3/c1-3-11-26(2)12-9-18-14-25-27(20-13-17(22(28)29)8-10-24-20)21(18)30-15-16-4-6-19(23)7-5-16/h4-8,10,13-14H,3,9,11-12,15H2,1-2H3,(H,28,29). The molecule has 0 bridgehead atoms. The van der Waals surface area contributed by atoms with Gasteiger partial charge in [0.15, 0.2) is 5.82 Å². The molecule has 0 aliphatic rings. The molecule has 0 fully saturated rings. The number of benzene rings is 1. The van der Waals surface area contributed by atoms with Gasteiger partial charge in [-0.05, 0) is 56.3 Å². The van der Waals surface area contributed by atoms with Crippen molar-refractivity contribution in [3.05, 3.63) is 71.3 Å². The first kappa shape index (κ1) is 21.4. The van der Waals surface area contributed by atoms with Gasteiger partial charge in [0.1, 0.15) is 12.4 Å². The Labute approximate surface area is 174 Å². The maximum atomic E-state index is 13.2. The van der Waals surface area contributed by atoms with Crippen molar-refractivity contribution in [3.63, 3.8) is 0 Å². The van der Waals surface area contributed by atoms with E-state index in [0.29, 0.717) is 18.1 Å². The van der Waals surface area contributed by atoms with E-state index in [2.05, 4.69) is 29.0 Å². The molecule has 0 saturated carbocycles. The van der Waals surface area contributed by atoms with E-state index >= 15 is 0 Å². The lowest BCUT2D eigenvalue weighted by Crippen LogP contribution is -2.22. The zero-order valence-corrected chi connectivity index (χ0v) is 17.1. The first-order valence-corrected chi connectivity index (χ1v) is 9.80. The van der Waals surface area contributed by atoms with Crippen LogP contribution >= 0.6 is 0 Å². The van der Waals surface area contributed by atoms with Gasteiger partial charge in [-0.25, -0.2) is 14.2 Å². The smallest absolute Gasteiger partial charge is 0.335 e. The molecule has 30 heavy (non-hydrogen) atoms. The Kier molecular flexibility index (Phi) is 7.13. The van der Waals surface area contributed by atoms with Crippen molar-refractivity contribution in [1.29, 1.82) is 0 Å². The van der Waals surface area contributed by atoms with Crippen LogP contribution in [0.25, 0.3) is 5.82 Å². The highest BCUT2D eigenvalue weighted by atomic mass is 19.1. The molecule has 0 atom stereocenters. The monoisotopic (exact) mass is 412 g/mol. The highest BCUT2D eigenvalue weighted by Gasteiger charge is 2.17. The molecule has 1 N–H and O–H groups in total. The second-order valence-corrected chi connectivity index (χ2v) is 7.06. The Morgan fingerprint density at radius 2 is 2.00 bits per heavy atom. The van der Waals surface area contributed by atoms with Crippen molar-refractivity contribution in [2.75, 3.05) is 20.1 Å². The molecule has 0 aliphatic heterocycles. The summed E-state index contributed by atoms with van der Waals surface area (Å²) in [4.78, 5) is 17.8. The third kappa shape index (κ3) is 5.42. The van der Waals surface area contributed by atoms with E-state index in [4.69, 9.17) is 4.74 Å². The van der Waals surface area contributed by atoms with Gasteiger partial charge in [-0.15, -0.1) is 0 Å². The fourth-order valence-electron chi connectivity index (χ4n) is 3.06. The maximum absolute atomic E-state index is 13.2. The molecule has 2 heterocycles. The van der Waals surface area contributed by atoms with Gasteiger partial charge in [-0.3, -0.25) is 0 Å². The first-order chi connectivity index (χ1) is 14.5. The largest absolute Gasteiger partial charge is 0.478 e. The zero-order valence-electron chi connectivity index (χ0n) is 17.1. The number of hydrogen-bond acceptors (Lipinski definition) is 5. The molecule has 0 spiro atoms. The summed E-state index contributed by atoms with van der Waals surface area (Å²) in [5.41, 5.74) is 1.82. The quantitative estimate of drug-likeness (QED) is 0.548. The molecule has 7 nitrogen and oxygen atoms in total. The van der Waals surface area contributed by atoms with E-state index in [1.165, 1.54) is 35.1 Å². The summed E-state index contributed by atoms with van der Waals surface area (Å²) in [6.07, 6.45) is 4.93. The van der Waals surface area contributed by atoms with Crippen molar-refractivity contribution in [2.24, 2.45) is 0 Å². The summed E-state index contributed by atoms with van der Waals surface area (Å²) in [6, 6.07) is 8.97. The number of ether oxygens (including phenoxy) is 1. The summed E-state index contributed by atoms with van der Waals surface area (Å²) in [5, 5.41) is 13.7. The minimum Gasteiger partial charge on any atom is -0.478 e. The van der Waals surface area contributed by atoms with E-state index in [9.17, 15) is 14.3 Å². The summed E-state index contributed by atoms with van der Waals surface area (Å²) in [7, 11) is 2.06. The van der Waals surface area contributed by atoms with Gasteiger partial charge in [0, 0.05) is 18.3 Å². The average molecular weight is 412 g/mol. The van der Waals surface area contributed by atoms with Crippen LogP contribution in [-0.4, -0.2) is 50.9 Å². The van der Waals surface area contributed by atoms with Crippen molar-refractivity contribution in [1.82, 2.24) is 19.7 Å². The molecule has 3 rings (SSSR count). The number of carboxylic acid groups (broad SMARTS) is 1. The number of likely N-dealkylation sites (N-methyl/N-ethyl adjacent to an activating group) is 1. The second-order valence-electron chi connectivity index (χ2n) is 7.06. The number of nitrogens with zero attached hydrogens (tertiary/aromatic N) is 4. The van der Waals surface area contributed by atoms with Crippen molar-refractivity contribution in [3.8, 4) is 11.7 Å². The van der Waals surface area contributed by atoms with E-state index in [1.807, 2.05) is 0 Å². The maximum Gasteiger partial charge on any atom is 0.335 e. The molecule has 0 aliphatic carbocycles. The number of pyridine rings is 1. The van der Waals surface area contributed by atoms with Crippen LogP contribution < -0.4 is 4.74 Å². The lowest BCUT2D eigenvalue weighted by molar-refractivity contribution is 0.0696. The molecular weight excluding hydrogens is 387 g/mol. The lowest BCUT2D eigenvalue weighted by Gasteiger charge is -2.16. The molecule has 158 valence electrons. The Hall–Kier alpha value is -3.26. The molecule has 0 saturated heterocycles. The highest BCUT2D eigenvalue weighted by molar-refractivity contribution is 5.87. The van der Waals surface area contributed by atoms with Crippen LogP contribution in [0.2, 0.25) is 0 Å². The van der Waals surface area contributed by atoms with E-state index in [1.54, 1.807) is 18.3 Å². The second kappa shape index (κ2) is 9.98. The first-order valence-electron chi connectivity index (χ1n) is 9.80. The molecule has 0 unspecified atom stereocenters. The average Bonchev–Trinajstić information content (AvgIpc) is 3.15. The van der Waals surface area contributed by atoms with Crippen molar-refractivity contribution in [2.45, 2.75) is 26.4 Å². The minimum absolute atomic E-state index is 0.115. The van der Waals surface area contributed by atoms with E-state index in [-0.39, 0.29) is 18.0 Å². The van der Waals surface area contributed by atoms with Crippen molar-refractivity contribution >= 4 is 5.97 Å². The third-order valence-electron chi connectivity index (χ3n) is 4.66. The Balaban J connectivity index is 1.88. The van der Waals surface area contributed by atoms with Gasteiger partial charge in [0.2, 0.25) is 5.88 Å². The number of hydrogen-bond donors (Lipinski definition) is 1. The van der Waals surface area contributed by atoms with Gasteiger partial charge >= 0.3 is 5.97 Å². The zero-order chi connectivity index (χ0) is 21.5. The number of carbonyl (C=O) groups is 1. The molecule has 3 aromatic rings. The van der Waals surface area contributed by atoms with Crippen LogP contribution in [0, 0.1) is 5.82 Å². The van der Waals surface area contributed by atoms with Gasteiger partial charge in [0.05, 0.1) is 11.8 Å². The van der Waals surface area contributed by atoms with Crippen LogP contribution in [0.3, 0.4) is 0 Å². The predicted octanol–water partition coefficient (Wildman–Crippen LogP) is 3.57. The van der Waals surface area contributed by atoms with Gasteiger partial charge < -0.3 is 14.7 Å². The predicted molar refractivity (Wildman–Crippen MR) is 111 cm³/mol. The summed E-state index contributed by atoms with van der Waals surface area (Å²) >= 11 is 0. The van der Waals surface area contributed by atoms with Gasteiger partial charge in [-0.1, -0.05) is 19.1 Å². The molecule has 0 radical (unpaired) electrons. The fourth-order valence-corrected chi connectivity index (χ4v) is 3.06. The molecule has 1 aromatic carbocycles. The highest BCUT2D eigenvalue weighted by Crippen LogP contribution is 2.24. The topological polar surface area (TPSA) is 80.5 Å². The summed E-state index contributed by atoms with van der Waals surface area (Å²) in [6.45, 7) is 4.17. The number of halogens is 1. The lowest BCUT2D eigenvalue weighted by atomic mass is 10.2. The third-order valence-corrected chi connectivity index (χ3v) is 4.66. The molecule has 8 heteroatoms. The number of aromatic carboxylic acids is 1.